The summed E-state index contributed by atoms with van der Waals surface area (Å²) in [6, 6.07) is 19.8. The lowest BCUT2D eigenvalue weighted by atomic mass is 10.1. The van der Waals surface area contributed by atoms with Crippen LogP contribution in [0.25, 0.3) is 0 Å². The summed E-state index contributed by atoms with van der Waals surface area (Å²) < 4.78 is 0. The van der Waals surface area contributed by atoms with Gasteiger partial charge in [-0.15, -0.1) is 11.3 Å². The van der Waals surface area contributed by atoms with E-state index >= 15 is 0 Å². The Labute approximate surface area is 159 Å². The lowest BCUT2D eigenvalue weighted by Gasteiger charge is -2.19. The van der Waals surface area contributed by atoms with Gasteiger partial charge in [-0.25, -0.2) is 0 Å². The molecule has 134 valence electrons. The molecule has 1 atom stereocenters. The van der Waals surface area contributed by atoms with E-state index in [2.05, 4.69) is 34.2 Å². The molecule has 3 rings (SSSR count). The second-order valence-electron chi connectivity index (χ2n) is 6.49. The molecule has 1 amide bonds. The number of carbonyl (C=O) groups excluding carboxylic acids is 1. The van der Waals surface area contributed by atoms with Gasteiger partial charge in [-0.05, 0) is 60.5 Å². The van der Waals surface area contributed by atoms with Crippen molar-refractivity contribution >= 4 is 22.9 Å². The molecule has 4 heteroatoms. The van der Waals surface area contributed by atoms with Crippen molar-refractivity contribution in [2.75, 3.05) is 11.9 Å². The van der Waals surface area contributed by atoms with Gasteiger partial charge in [0.2, 0.25) is 5.91 Å². The third kappa shape index (κ3) is 5.04. The third-order valence-electron chi connectivity index (χ3n) is 4.18. The number of rotatable bonds is 7. The minimum Gasteiger partial charge on any atom is -0.324 e. The SMILES string of the molecule is Cc1cc(C)cc(NC(=O)[C@H](NCCc2cccs2)c2ccccc2)c1. The summed E-state index contributed by atoms with van der Waals surface area (Å²) in [7, 11) is 0. The highest BCUT2D eigenvalue weighted by molar-refractivity contribution is 7.09. The number of thiophene rings is 1. The maximum absolute atomic E-state index is 13.0. The molecule has 0 aliphatic heterocycles. The van der Waals surface area contributed by atoms with Gasteiger partial charge in [-0.1, -0.05) is 42.5 Å². The molecule has 0 saturated carbocycles. The Bertz CT molecular complexity index is 824. The highest BCUT2D eigenvalue weighted by Crippen LogP contribution is 2.19. The Morgan fingerprint density at radius 1 is 1.00 bits per heavy atom. The summed E-state index contributed by atoms with van der Waals surface area (Å²) in [6.45, 7) is 4.83. The minimum atomic E-state index is -0.378. The van der Waals surface area contributed by atoms with E-state index in [1.807, 2.05) is 56.3 Å². The number of hydrogen-bond acceptors (Lipinski definition) is 3. The first-order valence-electron chi connectivity index (χ1n) is 8.82. The van der Waals surface area contributed by atoms with Gasteiger partial charge in [0.05, 0.1) is 0 Å². The first kappa shape index (κ1) is 18.4. The van der Waals surface area contributed by atoms with Crippen molar-refractivity contribution in [3.05, 3.63) is 87.6 Å². The summed E-state index contributed by atoms with van der Waals surface area (Å²) >= 11 is 1.74. The largest absolute Gasteiger partial charge is 0.324 e. The molecule has 26 heavy (non-hydrogen) atoms. The van der Waals surface area contributed by atoms with Gasteiger partial charge in [0.25, 0.3) is 0 Å². The molecule has 0 aliphatic carbocycles. The molecule has 0 bridgehead atoms. The number of aryl methyl sites for hydroxylation is 2. The van der Waals surface area contributed by atoms with Crippen LogP contribution >= 0.6 is 11.3 Å². The summed E-state index contributed by atoms with van der Waals surface area (Å²) in [6.07, 6.45) is 0.915. The normalized spacial score (nSPS) is 11.9. The van der Waals surface area contributed by atoms with Crippen molar-refractivity contribution in [1.29, 1.82) is 0 Å². The number of carbonyl (C=O) groups is 1. The van der Waals surface area contributed by atoms with Crippen molar-refractivity contribution in [2.45, 2.75) is 26.3 Å². The summed E-state index contributed by atoms with van der Waals surface area (Å²) in [4.78, 5) is 14.3. The Morgan fingerprint density at radius 2 is 1.73 bits per heavy atom. The van der Waals surface area contributed by atoms with Crippen molar-refractivity contribution in [2.24, 2.45) is 0 Å². The molecule has 1 heterocycles. The molecular weight excluding hydrogens is 340 g/mol. The van der Waals surface area contributed by atoms with Crippen LogP contribution in [0.3, 0.4) is 0 Å². The van der Waals surface area contributed by atoms with E-state index in [9.17, 15) is 4.79 Å². The van der Waals surface area contributed by atoms with Gasteiger partial charge >= 0.3 is 0 Å². The van der Waals surface area contributed by atoms with Crippen LogP contribution in [0, 0.1) is 13.8 Å². The summed E-state index contributed by atoms with van der Waals surface area (Å²) in [5, 5.41) is 8.57. The number of amides is 1. The van der Waals surface area contributed by atoms with Crippen molar-refractivity contribution in [3.63, 3.8) is 0 Å². The molecule has 1 aromatic heterocycles. The van der Waals surface area contributed by atoms with Crippen LogP contribution in [-0.4, -0.2) is 12.5 Å². The Hall–Kier alpha value is -2.43. The smallest absolute Gasteiger partial charge is 0.246 e. The average Bonchev–Trinajstić information content (AvgIpc) is 3.12. The van der Waals surface area contributed by atoms with Crippen molar-refractivity contribution in [1.82, 2.24) is 5.32 Å². The van der Waals surface area contributed by atoms with Gasteiger partial charge in [0, 0.05) is 17.1 Å². The van der Waals surface area contributed by atoms with Gasteiger partial charge in [0.15, 0.2) is 0 Å². The quantitative estimate of drug-likeness (QED) is 0.627. The lowest BCUT2D eigenvalue weighted by Crippen LogP contribution is -2.34. The van der Waals surface area contributed by atoms with E-state index < -0.39 is 0 Å². The zero-order chi connectivity index (χ0) is 18.4. The monoisotopic (exact) mass is 364 g/mol. The summed E-state index contributed by atoms with van der Waals surface area (Å²) in [5.41, 5.74) is 4.10. The van der Waals surface area contributed by atoms with E-state index in [4.69, 9.17) is 0 Å². The first-order valence-corrected chi connectivity index (χ1v) is 9.69. The molecule has 3 nitrogen and oxygen atoms in total. The molecule has 0 saturated heterocycles. The molecule has 2 aromatic carbocycles. The molecule has 3 aromatic rings. The zero-order valence-corrected chi connectivity index (χ0v) is 16.0. The molecule has 0 unspecified atom stereocenters. The molecular formula is C22H24N2OS. The fraction of sp³-hybridized carbons (Fsp3) is 0.227. The zero-order valence-electron chi connectivity index (χ0n) is 15.2. The van der Waals surface area contributed by atoms with Gasteiger partial charge < -0.3 is 10.6 Å². The topological polar surface area (TPSA) is 41.1 Å². The van der Waals surface area contributed by atoms with Crippen LogP contribution in [0.4, 0.5) is 5.69 Å². The maximum atomic E-state index is 13.0. The standard InChI is InChI=1S/C22H24N2OS/c1-16-13-17(2)15-19(14-16)24-22(25)21(18-7-4-3-5-8-18)23-11-10-20-9-6-12-26-20/h3-9,12-15,21,23H,10-11H2,1-2H3,(H,24,25)/t21-/m1/s1. The number of hydrogen-bond donors (Lipinski definition) is 2. The minimum absolute atomic E-state index is 0.0348. The first-order chi connectivity index (χ1) is 12.6. The number of anilines is 1. The Balaban J connectivity index is 1.72. The van der Waals surface area contributed by atoms with Crippen LogP contribution in [-0.2, 0) is 11.2 Å². The second-order valence-corrected chi connectivity index (χ2v) is 7.53. The van der Waals surface area contributed by atoms with Gasteiger partial charge in [0.1, 0.15) is 6.04 Å². The van der Waals surface area contributed by atoms with E-state index in [0.717, 1.165) is 35.3 Å². The van der Waals surface area contributed by atoms with Crippen molar-refractivity contribution in [3.8, 4) is 0 Å². The van der Waals surface area contributed by atoms with E-state index in [1.54, 1.807) is 11.3 Å². The number of nitrogens with one attached hydrogen (secondary N) is 2. The lowest BCUT2D eigenvalue weighted by molar-refractivity contribution is -0.118. The molecule has 0 fully saturated rings. The van der Waals surface area contributed by atoms with Crippen LogP contribution in [0.15, 0.2) is 66.0 Å². The van der Waals surface area contributed by atoms with E-state index in [-0.39, 0.29) is 11.9 Å². The van der Waals surface area contributed by atoms with Gasteiger partial charge in [-0.2, -0.15) is 0 Å². The van der Waals surface area contributed by atoms with Crippen LogP contribution in [0.1, 0.15) is 27.6 Å². The molecule has 0 aliphatic rings. The highest BCUT2D eigenvalue weighted by Gasteiger charge is 2.20. The predicted molar refractivity (Wildman–Crippen MR) is 110 cm³/mol. The summed E-state index contributed by atoms with van der Waals surface area (Å²) in [5.74, 6) is -0.0348. The fourth-order valence-electron chi connectivity index (χ4n) is 3.06. The highest BCUT2D eigenvalue weighted by atomic mass is 32.1. The second kappa shape index (κ2) is 8.79. The number of benzene rings is 2. The van der Waals surface area contributed by atoms with Gasteiger partial charge in [-0.3, -0.25) is 4.79 Å². The molecule has 0 spiro atoms. The predicted octanol–water partition coefficient (Wildman–Crippen LogP) is 4.88. The maximum Gasteiger partial charge on any atom is 0.246 e. The molecule has 2 N–H and O–H groups in total. The fourth-order valence-corrected chi connectivity index (χ4v) is 3.77. The van der Waals surface area contributed by atoms with Crippen LogP contribution in [0.2, 0.25) is 0 Å². The average molecular weight is 365 g/mol. The van der Waals surface area contributed by atoms with E-state index in [0.29, 0.717) is 0 Å². The van der Waals surface area contributed by atoms with E-state index in [1.165, 1.54) is 4.88 Å². The van der Waals surface area contributed by atoms with Crippen molar-refractivity contribution < 1.29 is 4.79 Å². The Kier molecular flexibility index (Phi) is 6.21. The van der Waals surface area contributed by atoms with Crippen LogP contribution < -0.4 is 10.6 Å². The third-order valence-corrected chi connectivity index (χ3v) is 5.12. The van der Waals surface area contributed by atoms with Crippen LogP contribution in [0.5, 0.6) is 0 Å². The Morgan fingerprint density at radius 3 is 2.38 bits per heavy atom. The molecule has 0 radical (unpaired) electrons.